The van der Waals surface area contributed by atoms with Crippen molar-refractivity contribution in [2.24, 2.45) is 0 Å². The van der Waals surface area contributed by atoms with Gasteiger partial charge in [-0.1, -0.05) is 17.7 Å². The number of hydrogen-bond acceptors (Lipinski definition) is 3. The zero-order valence-corrected chi connectivity index (χ0v) is 13.8. The summed E-state index contributed by atoms with van der Waals surface area (Å²) in [6, 6.07) is 7.09. The van der Waals surface area contributed by atoms with Crippen LogP contribution >= 0.6 is 11.6 Å². The van der Waals surface area contributed by atoms with Gasteiger partial charge in [0.25, 0.3) is 5.91 Å². The van der Waals surface area contributed by atoms with Crippen LogP contribution in [0.1, 0.15) is 28.2 Å². The first-order valence-electron chi connectivity index (χ1n) is 7.14. The summed E-state index contributed by atoms with van der Waals surface area (Å²) in [6.45, 7) is 5.12. The SMILES string of the molecule is COc1cccc(C(=O)NCCCn2nc(C)c(Cl)c2C)c1. The highest BCUT2D eigenvalue weighted by atomic mass is 35.5. The van der Waals surface area contributed by atoms with E-state index in [-0.39, 0.29) is 5.91 Å². The number of amides is 1. The summed E-state index contributed by atoms with van der Waals surface area (Å²) in [4.78, 5) is 12.0. The van der Waals surface area contributed by atoms with E-state index in [1.54, 1.807) is 25.3 Å². The van der Waals surface area contributed by atoms with E-state index in [1.165, 1.54) is 0 Å². The minimum absolute atomic E-state index is 0.106. The summed E-state index contributed by atoms with van der Waals surface area (Å²) in [5.41, 5.74) is 2.38. The number of nitrogens with one attached hydrogen (secondary N) is 1. The number of aryl methyl sites for hydroxylation is 2. The van der Waals surface area contributed by atoms with Crippen molar-refractivity contribution < 1.29 is 9.53 Å². The molecular weight excluding hydrogens is 302 g/mol. The Morgan fingerprint density at radius 3 is 2.82 bits per heavy atom. The Balaban J connectivity index is 1.83. The quantitative estimate of drug-likeness (QED) is 0.832. The van der Waals surface area contributed by atoms with Gasteiger partial charge in [0.1, 0.15) is 5.75 Å². The second-order valence-electron chi connectivity index (χ2n) is 5.05. The number of methoxy groups -OCH3 is 1. The highest BCUT2D eigenvalue weighted by Gasteiger charge is 2.09. The van der Waals surface area contributed by atoms with E-state index in [0.29, 0.717) is 22.9 Å². The summed E-state index contributed by atoms with van der Waals surface area (Å²) in [7, 11) is 1.58. The summed E-state index contributed by atoms with van der Waals surface area (Å²) in [5.74, 6) is 0.565. The standard InChI is InChI=1S/C16H20ClN3O2/c1-11-15(17)12(2)20(19-11)9-5-8-18-16(21)13-6-4-7-14(10-13)22-3/h4,6-7,10H,5,8-9H2,1-3H3,(H,18,21). The minimum atomic E-state index is -0.106. The largest absolute Gasteiger partial charge is 0.497 e. The van der Waals surface area contributed by atoms with Crippen LogP contribution in [0.15, 0.2) is 24.3 Å². The van der Waals surface area contributed by atoms with Gasteiger partial charge < -0.3 is 10.1 Å². The van der Waals surface area contributed by atoms with Gasteiger partial charge in [0.15, 0.2) is 0 Å². The van der Waals surface area contributed by atoms with Gasteiger partial charge in [-0.15, -0.1) is 0 Å². The lowest BCUT2D eigenvalue weighted by atomic mass is 10.2. The van der Waals surface area contributed by atoms with E-state index in [2.05, 4.69) is 10.4 Å². The summed E-state index contributed by atoms with van der Waals surface area (Å²) in [5, 5.41) is 7.96. The third-order valence-electron chi connectivity index (χ3n) is 3.46. The molecule has 6 heteroatoms. The molecule has 1 amide bonds. The van der Waals surface area contributed by atoms with Crippen molar-refractivity contribution >= 4 is 17.5 Å². The number of carbonyl (C=O) groups is 1. The van der Waals surface area contributed by atoms with Crippen molar-refractivity contribution in [3.05, 3.63) is 46.2 Å². The number of aromatic nitrogens is 2. The number of nitrogens with zero attached hydrogens (tertiary/aromatic N) is 2. The molecule has 0 unspecified atom stereocenters. The molecule has 1 N–H and O–H groups in total. The van der Waals surface area contributed by atoms with Crippen LogP contribution in [-0.4, -0.2) is 29.3 Å². The van der Waals surface area contributed by atoms with E-state index < -0.39 is 0 Å². The molecule has 0 saturated carbocycles. The lowest BCUT2D eigenvalue weighted by Crippen LogP contribution is -2.25. The molecule has 0 radical (unpaired) electrons. The molecule has 0 fully saturated rings. The van der Waals surface area contributed by atoms with Gasteiger partial charge in [-0.05, 0) is 38.5 Å². The summed E-state index contributed by atoms with van der Waals surface area (Å²) < 4.78 is 6.98. The van der Waals surface area contributed by atoms with Crippen LogP contribution in [0.3, 0.4) is 0 Å². The lowest BCUT2D eigenvalue weighted by Gasteiger charge is -2.07. The monoisotopic (exact) mass is 321 g/mol. The molecule has 0 saturated heterocycles. The molecule has 5 nitrogen and oxygen atoms in total. The van der Waals surface area contributed by atoms with Crippen molar-refractivity contribution in [2.45, 2.75) is 26.8 Å². The Morgan fingerprint density at radius 1 is 1.41 bits per heavy atom. The minimum Gasteiger partial charge on any atom is -0.497 e. The zero-order valence-electron chi connectivity index (χ0n) is 13.0. The van der Waals surface area contributed by atoms with Crippen LogP contribution < -0.4 is 10.1 Å². The Labute approximate surface area is 135 Å². The Kier molecular flexibility index (Phi) is 5.44. The van der Waals surface area contributed by atoms with Crippen LogP contribution in [0.2, 0.25) is 5.02 Å². The highest BCUT2D eigenvalue weighted by Crippen LogP contribution is 2.18. The molecule has 1 aromatic carbocycles. The first-order valence-corrected chi connectivity index (χ1v) is 7.52. The van der Waals surface area contributed by atoms with E-state index in [1.807, 2.05) is 24.6 Å². The van der Waals surface area contributed by atoms with Crippen molar-refractivity contribution in [2.75, 3.05) is 13.7 Å². The maximum atomic E-state index is 12.0. The van der Waals surface area contributed by atoms with Gasteiger partial charge in [0, 0.05) is 18.7 Å². The zero-order chi connectivity index (χ0) is 16.1. The Morgan fingerprint density at radius 2 is 2.18 bits per heavy atom. The molecule has 1 heterocycles. The first kappa shape index (κ1) is 16.4. The van der Waals surface area contributed by atoms with Crippen LogP contribution in [-0.2, 0) is 6.54 Å². The van der Waals surface area contributed by atoms with Crippen molar-refractivity contribution in [3.8, 4) is 5.75 Å². The van der Waals surface area contributed by atoms with Gasteiger partial charge in [-0.3, -0.25) is 9.48 Å². The predicted molar refractivity (Wildman–Crippen MR) is 86.7 cm³/mol. The number of benzene rings is 1. The maximum absolute atomic E-state index is 12.0. The highest BCUT2D eigenvalue weighted by molar-refractivity contribution is 6.31. The average molecular weight is 322 g/mol. The van der Waals surface area contributed by atoms with Gasteiger partial charge >= 0.3 is 0 Å². The number of rotatable bonds is 6. The molecule has 0 bridgehead atoms. The lowest BCUT2D eigenvalue weighted by molar-refractivity contribution is 0.0952. The van der Waals surface area contributed by atoms with Gasteiger partial charge in [0.05, 0.1) is 23.5 Å². The summed E-state index contributed by atoms with van der Waals surface area (Å²) in [6.07, 6.45) is 0.786. The molecule has 22 heavy (non-hydrogen) atoms. The Bertz CT molecular complexity index is 667. The van der Waals surface area contributed by atoms with E-state index in [4.69, 9.17) is 16.3 Å². The second kappa shape index (κ2) is 7.31. The molecule has 0 atom stereocenters. The average Bonchev–Trinajstić information content (AvgIpc) is 2.78. The van der Waals surface area contributed by atoms with E-state index in [9.17, 15) is 4.79 Å². The number of carbonyl (C=O) groups excluding carboxylic acids is 1. The molecule has 0 aliphatic rings. The summed E-state index contributed by atoms with van der Waals surface area (Å²) >= 11 is 6.11. The van der Waals surface area contributed by atoms with Crippen molar-refractivity contribution in [1.29, 1.82) is 0 Å². The number of halogens is 1. The van der Waals surface area contributed by atoms with Gasteiger partial charge in [0.2, 0.25) is 0 Å². The maximum Gasteiger partial charge on any atom is 0.251 e. The molecular formula is C16H20ClN3O2. The fraction of sp³-hybridized carbons (Fsp3) is 0.375. The van der Waals surface area contributed by atoms with E-state index >= 15 is 0 Å². The third kappa shape index (κ3) is 3.80. The van der Waals surface area contributed by atoms with Gasteiger partial charge in [-0.25, -0.2) is 0 Å². The molecule has 0 aliphatic carbocycles. The van der Waals surface area contributed by atoms with Crippen LogP contribution in [0.25, 0.3) is 0 Å². The van der Waals surface area contributed by atoms with Crippen LogP contribution in [0, 0.1) is 13.8 Å². The number of ether oxygens (including phenoxy) is 1. The topological polar surface area (TPSA) is 56.1 Å². The van der Waals surface area contributed by atoms with Crippen LogP contribution in [0.4, 0.5) is 0 Å². The Hall–Kier alpha value is -2.01. The fourth-order valence-corrected chi connectivity index (χ4v) is 2.33. The van der Waals surface area contributed by atoms with Gasteiger partial charge in [-0.2, -0.15) is 5.10 Å². The van der Waals surface area contributed by atoms with E-state index in [0.717, 1.165) is 24.4 Å². The molecule has 118 valence electrons. The first-order chi connectivity index (χ1) is 10.5. The van der Waals surface area contributed by atoms with Crippen LogP contribution in [0.5, 0.6) is 5.75 Å². The molecule has 1 aromatic heterocycles. The van der Waals surface area contributed by atoms with Crippen molar-refractivity contribution in [3.63, 3.8) is 0 Å². The molecule has 2 aromatic rings. The molecule has 2 rings (SSSR count). The smallest absolute Gasteiger partial charge is 0.251 e. The predicted octanol–water partition coefficient (Wildman–Crippen LogP) is 2.98. The molecule has 0 aliphatic heterocycles. The number of hydrogen-bond donors (Lipinski definition) is 1. The third-order valence-corrected chi connectivity index (χ3v) is 4.00. The fourth-order valence-electron chi connectivity index (χ4n) is 2.19. The normalized spacial score (nSPS) is 10.5. The van der Waals surface area contributed by atoms with Crippen molar-refractivity contribution in [1.82, 2.24) is 15.1 Å². The second-order valence-corrected chi connectivity index (χ2v) is 5.43. The molecule has 0 spiro atoms.